The van der Waals surface area contributed by atoms with E-state index in [2.05, 4.69) is 26.8 Å². The predicted octanol–water partition coefficient (Wildman–Crippen LogP) is 0.735. The normalized spacial score (nSPS) is 27.1. The van der Waals surface area contributed by atoms with Crippen LogP contribution in [0.3, 0.4) is 0 Å². The summed E-state index contributed by atoms with van der Waals surface area (Å²) in [6.07, 6.45) is 8.17. The first-order chi connectivity index (χ1) is 12.7. The van der Waals surface area contributed by atoms with Crippen LogP contribution < -0.4 is 0 Å². The van der Waals surface area contributed by atoms with Crippen molar-refractivity contribution >= 4 is 5.91 Å². The summed E-state index contributed by atoms with van der Waals surface area (Å²) in [4.78, 5) is 27.8. The lowest BCUT2D eigenvalue weighted by atomic mass is 9.76. The fourth-order valence-electron chi connectivity index (χ4n) is 4.78. The molecule has 3 aliphatic heterocycles. The summed E-state index contributed by atoms with van der Waals surface area (Å²) in [6.45, 7) is 7.78. The summed E-state index contributed by atoms with van der Waals surface area (Å²) in [5, 5.41) is 0. The summed E-state index contributed by atoms with van der Waals surface area (Å²) < 4.78 is 5.47. The second-order valence-corrected chi connectivity index (χ2v) is 8.07. The average Bonchev–Trinajstić information content (AvgIpc) is 2.98. The molecule has 1 spiro atoms. The lowest BCUT2D eigenvalue weighted by Gasteiger charge is -2.39. The number of nitrogens with zero attached hydrogens (tertiary/aromatic N) is 5. The van der Waals surface area contributed by atoms with Crippen LogP contribution in [0, 0.1) is 5.41 Å². The first kappa shape index (κ1) is 17.8. The zero-order chi connectivity index (χ0) is 18.0. The number of morpholine rings is 1. The molecule has 1 aromatic heterocycles. The Bertz CT molecular complexity index is 612. The van der Waals surface area contributed by atoms with Gasteiger partial charge < -0.3 is 14.5 Å². The number of amides is 1. The van der Waals surface area contributed by atoms with Crippen molar-refractivity contribution in [1.82, 2.24) is 24.7 Å². The van der Waals surface area contributed by atoms with Crippen molar-refractivity contribution in [1.29, 1.82) is 0 Å². The summed E-state index contributed by atoms with van der Waals surface area (Å²) >= 11 is 0. The zero-order valence-electron chi connectivity index (χ0n) is 15.6. The van der Waals surface area contributed by atoms with Crippen LogP contribution in [0.25, 0.3) is 0 Å². The summed E-state index contributed by atoms with van der Waals surface area (Å²) in [5.74, 6) is 0.0177. The molecular weight excluding hydrogens is 330 g/mol. The van der Waals surface area contributed by atoms with E-state index in [4.69, 9.17) is 4.74 Å². The molecule has 4 heterocycles. The molecule has 0 radical (unpaired) electrons. The second-order valence-electron chi connectivity index (χ2n) is 8.07. The van der Waals surface area contributed by atoms with Crippen molar-refractivity contribution in [2.24, 2.45) is 5.41 Å². The standard InChI is InChI=1S/C19H29N5O2/c1-22-15-19(12-16(22)14-23-8-10-26-11-9-23)2-6-24(7-3-19)18(25)17-13-20-4-5-21-17/h4-5,13,16H,2-3,6-12,14-15H2,1H3. The number of hydrogen-bond acceptors (Lipinski definition) is 6. The van der Waals surface area contributed by atoms with E-state index in [0.29, 0.717) is 17.2 Å². The second kappa shape index (κ2) is 7.58. The number of likely N-dealkylation sites (tertiary alicyclic amines) is 2. The zero-order valence-corrected chi connectivity index (χ0v) is 15.6. The first-order valence-electron chi connectivity index (χ1n) is 9.71. The van der Waals surface area contributed by atoms with Crippen LogP contribution in [-0.4, -0.2) is 96.1 Å². The molecule has 26 heavy (non-hydrogen) atoms. The van der Waals surface area contributed by atoms with Crippen molar-refractivity contribution in [2.75, 3.05) is 59.5 Å². The molecule has 1 aromatic rings. The molecule has 4 rings (SSSR count). The molecule has 0 bridgehead atoms. The van der Waals surface area contributed by atoms with E-state index in [-0.39, 0.29) is 5.91 Å². The van der Waals surface area contributed by atoms with E-state index < -0.39 is 0 Å². The third-order valence-corrected chi connectivity index (χ3v) is 6.34. The van der Waals surface area contributed by atoms with Crippen molar-refractivity contribution in [3.63, 3.8) is 0 Å². The molecule has 3 aliphatic rings. The fraction of sp³-hybridized carbons (Fsp3) is 0.737. The van der Waals surface area contributed by atoms with Gasteiger partial charge in [-0.3, -0.25) is 14.7 Å². The highest BCUT2D eigenvalue weighted by Gasteiger charge is 2.45. The molecule has 1 atom stereocenters. The number of aromatic nitrogens is 2. The third kappa shape index (κ3) is 3.75. The summed E-state index contributed by atoms with van der Waals surface area (Å²) in [6, 6.07) is 0.621. The molecule has 0 aromatic carbocycles. The Morgan fingerprint density at radius 2 is 2.00 bits per heavy atom. The maximum atomic E-state index is 12.6. The van der Waals surface area contributed by atoms with Gasteiger partial charge in [0.05, 0.1) is 19.4 Å². The first-order valence-corrected chi connectivity index (χ1v) is 9.71. The Hall–Kier alpha value is -1.57. The molecule has 7 nitrogen and oxygen atoms in total. The molecule has 0 N–H and O–H groups in total. The Balaban J connectivity index is 1.33. The predicted molar refractivity (Wildman–Crippen MR) is 97.9 cm³/mol. The van der Waals surface area contributed by atoms with E-state index in [0.717, 1.165) is 65.3 Å². The number of carbonyl (C=O) groups is 1. The van der Waals surface area contributed by atoms with Crippen molar-refractivity contribution < 1.29 is 9.53 Å². The monoisotopic (exact) mass is 359 g/mol. The topological polar surface area (TPSA) is 61.8 Å². The van der Waals surface area contributed by atoms with E-state index in [1.54, 1.807) is 18.6 Å². The molecule has 1 unspecified atom stereocenters. The average molecular weight is 359 g/mol. The van der Waals surface area contributed by atoms with E-state index >= 15 is 0 Å². The van der Waals surface area contributed by atoms with Crippen LogP contribution in [0.4, 0.5) is 0 Å². The maximum absolute atomic E-state index is 12.6. The highest BCUT2D eigenvalue weighted by atomic mass is 16.5. The number of carbonyl (C=O) groups excluding carboxylic acids is 1. The Morgan fingerprint density at radius 1 is 1.23 bits per heavy atom. The van der Waals surface area contributed by atoms with Gasteiger partial charge in [0.15, 0.2) is 0 Å². The number of piperidine rings is 1. The minimum absolute atomic E-state index is 0.0177. The van der Waals surface area contributed by atoms with Crippen LogP contribution >= 0.6 is 0 Å². The highest BCUT2D eigenvalue weighted by Crippen LogP contribution is 2.43. The maximum Gasteiger partial charge on any atom is 0.274 e. The van der Waals surface area contributed by atoms with Crippen LogP contribution in [0.1, 0.15) is 29.8 Å². The lowest BCUT2D eigenvalue weighted by Crippen LogP contribution is -2.44. The molecule has 0 saturated carbocycles. The van der Waals surface area contributed by atoms with Crippen molar-refractivity contribution in [3.8, 4) is 0 Å². The minimum Gasteiger partial charge on any atom is -0.379 e. The Kier molecular flexibility index (Phi) is 5.20. The minimum atomic E-state index is 0.0177. The van der Waals surface area contributed by atoms with Gasteiger partial charge in [-0.05, 0) is 31.7 Å². The highest BCUT2D eigenvalue weighted by molar-refractivity contribution is 5.92. The van der Waals surface area contributed by atoms with Gasteiger partial charge in [0.1, 0.15) is 5.69 Å². The van der Waals surface area contributed by atoms with Gasteiger partial charge in [-0.15, -0.1) is 0 Å². The van der Waals surface area contributed by atoms with Crippen molar-refractivity contribution in [2.45, 2.75) is 25.3 Å². The Morgan fingerprint density at radius 3 is 2.69 bits per heavy atom. The third-order valence-electron chi connectivity index (χ3n) is 6.34. The van der Waals surface area contributed by atoms with Gasteiger partial charge in [0.2, 0.25) is 0 Å². The van der Waals surface area contributed by atoms with E-state index in [9.17, 15) is 4.79 Å². The van der Waals surface area contributed by atoms with Gasteiger partial charge in [0, 0.05) is 57.7 Å². The van der Waals surface area contributed by atoms with Crippen LogP contribution in [0.5, 0.6) is 0 Å². The number of ether oxygens (including phenoxy) is 1. The van der Waals surface area contributed by atoms with E-state index in [1.807, 2.05) is 4.90 Å². The fourth-order valence-corrected chi connectivity index (χ4v) is 4.78. The number of hydrogen-bond donors (Lipinski definition) is 0. The SMILES string of the molecule is CN1CC2(CCN(C(=O)c3cnccn3)CC2)CC1CN1CCOCC1. The van der Waals surface area contributed by atoms with Gasteiger partial charge in [0.25, 0.3) is 5.91 Å². The van der Waals surface area contributed by atoms with Gasteiger partial charge >= 0.3 is 0 Å². The molecule has 3 saturated heterocycles. The number of rotatable bonds is 3. The van der Waals surface area contributed by atoms with Crippen molar-refractivity contribution in [3.05, 3.63) is 24.3 Å². The van der Waals surface area contributed by atoms with Crippen LogP contribution in [0.15, 0.2) is 18.6 Å². The van der Waals surface area contributed by atoms with Gasteiger partial charge in [-0.1, -0.05) is 0 Å². The molecule has 0 aliphatic carbocycles. The van der Waals surface area contributed by atoms with E-state index in [1.165, 1.54) is 6.42 Å². The molecule has 142 valence electrons. The summed E-state index contributed by atoms with van der Waals surface area (Å²) in [5.41, 5.74) is 0.822. The molecule has 3 fully saturated rings. The van der Waals surface area contributed by atoms with Gasteiger partial charge in [-0.2, -0.15) is 0 Å². The lowest BCUT2D eigenvalue weighted by molar-refractivity contribution is 0.0283. The van der Waals surface area contributed by atoms with Gasteiger partial charge in [-0.25, -0.2) is 4.98 Å². The van der Waals surface area contributed by atoms with Crippen LogP contribution in [0.2, 0.25) is 0 Å². The molecule has 7 heteroatoms. The smallest absolute Gasteiger partial charge is 0.274 e. The molecule has 1 amide bonds. The summed E-state index contributed by atoms with van der Waals surface area (Å²) in [7, 11) is 2.26. The molecular formula is C19H29N5O2. The largest absolute Gasteiger partial charge is 0.379 e. The quantitative estimate of drug-likeness (QED) is 0.793. The Labute approximate surface area is 155 Å². The van der Waals surface area contributed by atoms with Crippen LogP contribution in [-0.2, 0) is 4.74 Å². The number of likely N-dealkylation sites (N-methyl/N-ethyl adjacent to an activating group) is 1.